The molecule has 0 aliphatic rings. The van der Waals surface area contributed by atoms with Crippen molar-refractivity contribution in [3.05, 3.63) is 76.6 Å². The summed E-state index contributed by atoms with van der Waals surface area (Å²) in [6, 6.07) is 15.5. The standard InChI is InChI=1S/C48H58ClN7O10S/c1-27(2)19-37(54-45(59)65-47(5,6)7)43(57)63-25-34(64-44(58)38(20-28(3)4)55-46(60)66-48(8,9)10)24-61-33-17-13-29(14-18-33)39-35(21-50)40(52)56-42(36(39)22-51)67-26-32-23-62-41(53-32)30-11-15-31(49)16-12-30/h11-18,23,27-28,34,37-38H,19-20,24-26H2,1-10H3,(H2,52,56)(H,54,59)(H,55,60). The summed E-state index contributed by atoms with van der Waals surface area (Å²) in [6.45, 7) is 16.8. The van der Waals surface area contributed by atoms with Gasteiger partial charge in [0.1, 0.15) is 77.1 Å². The van der Waals surface area contributed by atoms with E-state index in [-0.39, 0.29) is 70.3 Å². The van der Waals surface area contributed by atoms with Gasteiger partial charge in [-0.05, 0) is 108 Å². The van der Waals surface area contributed by atoms with Crippen molar-refractivity contribution in [1.29, 1.82) is 10.5 Å². The van der Waals surface area contributed by atoms with E-state index in [1.165, 1.54) is 18.0 Å². The van der Waals surface area contributed by atoms with E-state index in [1.807, 2.05) is 27.7 Å². The highest BCUT2D eigenvalue weighted by molar-refractivity contribution is 7.98. The van der Waals surface area contributed by atoms with E-state index in [1.54, 1.807) is 90.1 Å². The Hall–Kier alpha value is -6.50. The molecule has 0 fully saturated rings. The Balaban J connectivity index is 1.57. The first-order chi connectivity index (χ1) is 31.4. The quantitative estimate of drug-likeness (QED) is 0.0449. The van der Waals surface area contributed by atoms with Crippen LogP contribution < -0.4 is 21.1 Å². The van der Waals surface area contributed by atoms with E-state index >= 15 is 0 Å². The van der Waals surface area contributed by atoms with Gasteiger partial charge < -0.3 is 44.5 Å². The van der Waals surface area contributed by atoms with Gasteiger partial charge in [0.15, 0.2) is 6.10 Å². The van der Waals surface area contributed by atoms with Crippen LogP contribution in [0.2, 0.25) is 5.02 Å². The number of ether oxygens (including phenoxy) is 5. The van der Waals surface area contributed by atoms with Crippen molar-refractivity contribution in [2.75, 3.05) is 18.9 Å². The van der Waals surface area contributed by atoms with Crippen molar-refractivity contribution in [2.45, 2.75) is 122 Å². The summed E-state index contributed by atoms with van der Waals surface area (Å²) in [5, 5.41) is 26.5. The number of halogens is 1. The number of benzene rings is 2. The molecular formula is C48H58ClN7O10S. The number of carbonyl (C=O) groups is 4. The predicted molar refractivity (Wildman–Crippen MR) is 252 cm³/mol. The van der Waals surface area contributed by atoms with Crippen LogP contribution in [-0.2, 0) is 34.3 Å². The van der Waals surface area contributed by atoms with Gasteiger partial charge in [0.25, 0.3) is 0 Å². The molecule has 2 aromatic heterocycles. The number of hydrogen-bond donors (Lipinski definition) is 3. The first-order valence-electron chi connectivity index (χ1n) is 21.5. The number of hydrogen-bond acceptors (Lipinski definition) is 16. The van der Waals surface area contributed by atoms with Crippen molar-refractivity contribution in [2.24, 2.45) is 11.8 Å². The van der Waals surface area contributed by atoms with Crippen LogP contribution in [0.1, 0.15) is 98.9 Å². The summed E-state index contributed by atoms with van der Waals surface area (Å²) >= 11 is 7.22. The van der Waals surface area contributed by atoms with Gasteiger partial charge in [-0.1, -0.05) is 63.2 Å². The lowest BCUT2D eigenvalue weighted by atomic mass is 9.97. The summed E-state index contributed by atoms with van der Waals surface area (Å²) in [5.41, 5.74) is 6.78. The molecule has 0 saturated heterocycles. The van der Waals surface area contributed by atoms with Crippen LogP contribution in [0.15, 0.2) is 64.2 Å². The van der Waals surface area contributed by atoms with Gasteiger partial charge in [-0.3, -0.25) is 0 Å². The number of rotatable bonds is 19. The molecule has 2 amide bonds. The molecule has 358 valence electrons. The molecule has 0 aliphatic carbocycles. The molecule has 0 saturated carbocycles. The number of thioether (sulfide) groups is 1. The molecule has 0 aliphatic heterocycles. The van der Waals surface area contributed by atoms with Crippen molar-refractivity contribution in [3.8, 4) is 40.5 Å². The number of nitrogens with zero attached hydrogens (tertiary/aromatic N) is 4. The number of nitrogens with one attached hydrogen (secondary N) is 2. The van der Waals surface area contributed by atoms with E-state index < -0.39 is 60.1 Å². The molecule has 67 heavy (non-hydrogen) atoms. The van der Waals surface area contributed by atoms with Gasteiger partial charge in [0.2, 0.25) is 5.89 Å². The third-order valence-electron chi connectivity index (χ3n) is 9.05. The number of nitrogens with two attached hydrogens (primary N) is 1. The Morgan fingerprint density at radius 1 is 0.776 bits per heavy atom. The first-order valence-corrected chi connectivity index (χ1v) is 22.9. The van der Waals surface area contributed by atoms with Crippen LogP contribution in [-0.4, -0.2) is 76.7 Å². The molecule has 0 bridgehead atoms. The topological polar surface area (TPSA) is 251 Å². The summed E-state index contributed by atoms with van der Waals surface area (Å²) in [4.78, 5) is 61.6. The number of esters is 2. The van der Waals surface area contributed by atoms with Crippen LogP contribution >= 0.6 is 23.4 Å². The summed E-state index contributed by atoms with van der Waals surface area (Å²) in [5.74, 6) is -0.836. The zero-order valence-electron chi connectivity index (χ0n) is 39.4. The normalized spacial score (nSPS) is 12.8. The van der Waals surface area contributed by atoms with Crippen LogP contribution in [0, 0.1) is 34.5 Å². The lowest BCUT2D eigenvalue weighted by Gasteiger charge is -2.26. The number of aromatic nitrogens is 2. The van der Waals surface area contributed by atoms with Crippen molar-refractivity contribution >= 4 is 53.3 Å². The van der Waals surface area contributed by atoms with Gasteiger partial charge in [-0.15, -0.1) is 0 Å². The Kier molecular flexibility index (Phi) is 18.9. The molecule has 4 rings (SSSR count). The zero-order valence-corrected chi connectivity index (χ0v) is 40.9. The van der Waals surface area contributed by atoms with Gasteiger partial charge in [-0.2, -0.15) is 10.5 Å². The number of pyridine rings is 1. The van der Waals surface area contributed by atoms with E-state index in [2.05, 4.69) is 32.7 Å². The first kappa shape index (κ1) is 53.1. The Morgan fingerprint density at radius 3 is 1.84 bits per heavy atom. The fraction of sp³-hybridized carbons (Fsp3) is 0.458. The predicted octanol–water partition coefficient (Wildman–Crippen LogP) is 9.39. The van der Waals surface area contributed by atoms with Gasteiger partial charge >= 0.3 is 24.1 Å². The second-order valence-electron chi connectivity index (χ2n) is 18.3. The molecule has 3 unspecified atom stereocenters. The van der Waals surface area contributed by atoms with Crippen molar-refractivity contribution < 1.29 is 47.3 Å². The number of nitrogen functional groups attached to an aromatic ring is 1. The number of amides is 2. The van der Waals surface area contributed by atoms with Gasteiger partial charge in [0, 0.05) is 21.9 Å². The maximum Gasteiger partial charge on any atom is 0.408 e. The number of nitriles is 2. The Morgan fingerprint density at radius 2 is 1.31 bits per heavy atom. The number of anilines is 1. The van der Waals surface area contributed by atoms with Crippen molar-refractivity contribution in [3.63, 3.8) is 0 Å². The zero-order chi connectivity index (χ0) is 49.6. The molecule has 17 nitrogen and oxygen atoms in total. The van der Waals surface area contributed by atoms with E-state index in [0.29, 0.717) is 22.2 Å². The second kappa shape index (κ2) is 23.8. The summed E-state index contributed by atoms with van der Waals surface area (Å²) in [6.07, 6.45) is -0.917. The maximum atomic E-state index is 13.7. The molecule has 3 atom stereocenters. The molecule has 0 spiro atoms. The van der Waals surface area contributed by atoms with Gasteiger partial charge in [0.05, 0.1) is 11.3 Å². The largest absolute Gasteiger partial charge is 0.490 e. The van der Waals surface area contributed by atoms with E-state index in [9.17, 15) is 29.7 Å². The lowest BCUT2D eigenvalue weighted by molar-refractivity contribution is -0.163. The molecule has 0 radical (unpaired) electrons. The monoisotopic (exact) mass is 959 g/mol. The Bertz CT molecular complexity index is 2430. The Labute approximate surface area is 400 Å². The third kappa shape index (κ3) is 17.0. The molecule has 19 heteroatoms. The van der Waals surface area contributed by atoms with Gasteiger partial charge in [-0.25, -0.2) is 29.1 Å². The number of alkyl carbamates (subject to hydrolysis) is 2. The average molecular weight is 961 g/mol. The summed E-state index contributed by atoms with van der Waals surface area (Å²) in [7, 11) is 0. The number of oxazole rings is 1. The summed E-state index contributed by atoms with van der Waals surface area (Å²) < 4.78 is 34.0. The molecular weight excluding hydrogens is 902 g/mol. The van der Waals surface area contributed by atoms with Crippen LogP contribution in [0.25, 0.3) is 22.6 Å². The second-order valence-corrected chi connectivity index (χ2v) is 19.7. The fourth-order valence-corrected chi connectivity index (χ4v) is 7.25. The number of carbonyl (C=O) groups excluding carboxylic acids is 4. The highest BCUT2D eigenvalue weighted by Crippen LogP contribution is 2.37. The minimum Gasteiger partial charge on any atom is -0.490 e. The minimum atomic E-state index is -1.21. The van der Waals surface area contributed by atoms with Crippen LogP contribution in [0.5, 0.6) is 5.75 Å². The molecule has 2 heterocycles. The highest BCUT2D eigenvalue weighted by Gasteiger charge is 2.32. The van der Waals surface area contributed by atoms with E-state index in [0.717, 1.165) is 5.56 Å². The minimum absolute atomic E-state index is 0.00249. The highest BCUT2D eigenvalue weighted by atomic mass is 35.5. The third-order valence-corrected chi connectivity index (χ3v) is 10.3. The molecule has 4 aromatic rings. The average Bonchev–Trinajstić information content (AvgIpc) is 3.70. The fourth-order valence-electron chi connectivity index (χ4n) is 6.25. The van der Waals surface area contributed by atoms with E-state index in [4.69, 9.17) is 45.4 Å². The smallest absolute Gasteiger partial charge is 0.408 e. The SMILES string of the molecule is CC(C)CC(NC(=O)OC(C)(C)C)C(=O)OCC(COc1ccc(-c2c(C#N)c(N)nc(SCc3coc(-c4ccc(Cl)cc4)n3)c2C#N)cc1)OC(=O)C(CC(C)C)NC(=O)OC(C)(C)C. The molecule has 2 aromatic carbocycles. The van der Waals surface area contributed by atoms with Crippen LogP contribution in [0.3, 0.4) is 0 Å². The lowest BCUT2D eigenvalue weighted by Crippen LogP contribution is -2.47. The maximum absolute atomic E-state index is 13.7. The molecule has 4 N–H and O–H groups in total. The van der Waals surface area contributed by atoms with Crippen molar-refractivity contribution in [1.82, 2.24) is 20.6 Å². The van der Waals surface area contributed by atoms with Crippen LogP contribution in [0.4, 0.5) is 15.4 Å².